The number of benzene rings is 1. The molecule has 1 N–H and O–H groups in total. The van der Waals surface area contributed by atoms with Crippen LogP contribution in [0.3, 0.4) is 0 Å². The monoisotopic (exact) mass is 353 g/mol. The molecule has 1 fully saturated rings. The Labute approximate surface area is 155 Å². The first kappa shape index (κ1) is 18.5. The highest BCUT2D eigenvalue weighted by atomic mass is 16.4. The van der Waals surface area contributed by atoms with Crippen LogP contribution in [-0.2, 0) is 11.3 Å². The molecule has 0 bridgehead atoms. The Morgan fingerprint density at radius 2 is 1.73 bits per heavy atom. The van der Waals surface area contributed by atoms with Crippen molar-refractivity contribution in [2.45, 2.75) is 32.4 Å². The summed E-state index contributed by atoms with van der Waals surface area (Å²) < 4.78 is 0. The summed E-state index contributed by atoms with van der Waals surface area (Å²) in [4.78, 5) is 20.5. The van der Waals surface area contributed by atoms with E-state index in [1.54, 1.807) is 6.20 Å². The molecule has 1 aliphatic heterocycles. The van der Waals surface area contributed by atoms with Crippen molar-refractivity contribution in [3.8, 4) is 0 Å². The van der Waals surface area contributed by atoms with Gasteiger partial charge in [0, 0.05) is 45.1 Å². The quantitative estimate of drug-likeness (QED) is 0.865. The number of carbonyl (C=O) groups is 1. The normalized spacial score (nSPS) is 17.3. The summed E-state index contributed by atoms with van der Waals surface area (Å²) in [5.41, 5.74) is 3.29. The third-order valence-corrected chi connectivity index (χ3v) is 5.05. The van der Waals surface area contributed by atoms with Crippen LogP contribution >= 0.6 is 0 Å². The van der Waals surface area contributed by atoms with Crippen molar-refractivity contribution in [1.29, 1.82) is 0 Å². The molecule has 1 atom stereocenters. The van der Waals surface area contributed by atoms with Crippen LogP contribution in [0.15, 0.2) is 48.8 Å². The molecule has 1 aliphatic rings. The summed E-state index contributed by atoms with van der Waals surface area (Å²) in [6.07, 6.45) is 3.67. The highest BCUT2D eigenvalue weighted by Gasteiger charge is 2.30. The van der Waals surface area contributed by atoms with Crippen LogP contribution in [0.4, 0.5) is 0 Å². The van der Waals surface area contributed by atoms with Crippen molar-refractivity contribution in [1.82, 2.24) is 14.8 Å². The van der Waals surface area contributed by atoms with Gasteiger partial charge in [0.25, 0.3) is 0 Å². The zero-order chi connectivity index (χ0) is 18.5. The van der Waals surface area contributed by atoms with Crippen LogP contribution < -0.4 is 0 Å². The van der Waals surface area contributed by atoms with Gasteiger partial charge in [-0.3, -0.25) is 19.6 Å². The molecule has 0 amide bonds. The Kier molecular flexibility index (Phi) is 6.01. The first-order valence-electron chi connectivity index (χ1n) is 9.22. The second-order valence-corrected chi connectivity index (χ2v) is 7.24. The van der Waals surface area contributed by atoms with E-state index in [1.165, 1.54) is 11.1 Å². The van der Waals surface area contributed by atoms with Crippen LogP contribution in [0, 0.1) is 0 Å². The minimum atomic E-state index is -0.775. The van der Waals surface area contributed by atoms with E-state index in [-0.39, 0.29) is 0 Å². The molecule has 5 nitrogen and oxygen atoms in total. The molecule has 138 valence electrons. The lowest BCUT2D eigenvalue weighted by Crippen LogP contribution is -2.48. The highest BCUT2D eigenvalue weighted by Crippen LogP contribution is 2.25. The molecular weight excluding hydrogens is 326 g/mol. The maximum absolute atomic E-state index is 11.9. The number of rotatable bonds is 6. The maximum atomic E-state index is 11.9. The Bertz CT molecular complexity index is 708. The first-order chi connectivity index (χ1) is 12.5. The molecule has 3 rings (SSSR count). The molecule has 2 aromatic rings. The predicted molar refractivity (Wildman–Crippen MR) is 102 cm³/mol. The molecular formula is C21H27N3O2. The molecule has 2 heterocycles. The van der Waals surface area contributed by atoms with Gasteiger partial charge >= 0.3 is 5.97 Å². The third kappa shape index (κ3) is 4.48. The average Bonchev–Trinajstić information content (AvgIpc) is 2.64. The molecule has 0 spiro atoms. The van der Waals surface area contributed by atoms with Crippen LogP contribution in [0.1, 0.15) is 42.5 Å². The number of pyridine rings is 1. The van der Waals surface area contributed by atoms with E-state index in [0.29, 0.717) is 5.92 Å². The number of carboxylic acid groups (broad SMARTS) is 1. The summed E-state index contributed by atoms with van der Waals surface area (Å²) >= 11 is 0. The molecule has 5 heteroatoms. The fraction of sp³-hybridized carbons (Fsp3) is 0.429. The molecule has 0 radical (unpaired) electrons. The lowest BCUT2D eigenvalue weighted by atomic mass is 9.98. The minimum Gasteiger partial charge on any atom is -0.480 e. The predicted octanol–water partition coefficient (Wildman–Crippen LogP) is 3.15. The fourth-order valence-corrected chi connectivity index (χ4v) is 3.50. The number of hydrogen-bond donors (Lipinski definition) is 1. The summed E-state index contributed by atoms with van der Waals surface area (Å²) in [5, 5.41) is 9.79. The standard InChI is InChI=1S/C21H27N3O2/c1-16(2)18-5-7-19(8-6-18)20(21(25)26)24-12-10-23(11-13-24)15-17-4-3-9-22-14-17/h3-9,14,16,20H,10-13,15H2,1-2H3,(H,25,26). The lowest BCUT2D eigenvalue weighted by Gasteiger charge is -2.37. The van der Waals surface area contributed by atoms with Crippen LogP contribution in [0.25, 0.3) is 0 Å². The minimum absolute atomic E-state index is 0.448. The van der Waals surface area contributed by atoms with Gasteiger partial charge < -0.3 is 5.11 Å². The first-order valence-corrected chi connectivity index (χ1v) is 9.22. The summed E-state index contributed by atoms with van der Waals surface area (Å²) in [6.45, 7) is 8.39. The SMILES string of the molecule is CC(C)c1ccc(C(C(=O)O)N2CCN(Cc3cccnc3)CC2)cc1. The van der Waals surface area contributed by atoms with E-state index in [1.807, 2.05) is 24.4 Å². The largest absolute Gasteiger partial charge is 0.480 e. The van der Waals surface area contributed by atoms with Gasteiger partial charge in [-0.15, -0.1) is 0 Å². The Morgan fingerprint density at radius 3 is 2.27 bits per heavy atom. The van der Waals surface area contributed by atoms with E-state index in [4.69, 9.17) is 0 Å². The molecule has 0 aliphatic carbocycles. The van der Waals surface area contributed by atoms with Crippen molar-refractivity contribution in [2.75, 3.05) is 26.2 Å². The van der Waals surface area contributed by atoms with Gasteiger partial charge in [-0.25, -0.2) is 0 Å². The molecule has 1 aromatic carbocycles. The second-order valence-electron chi connectivity index (χ2n) is 7.24. The summed E-state index contributed by atoms with van der Waals surface area (Å²) in [5.74, 6) is -0.327. The van der Waals surface area contributed by atoms with Gasteiger partial charge in [-0.1, -0.05) is 44.2 Å². The third-order valence-electron chi connectivity index (χ3n) is 5.05. The van der Waals surface area contributed by atoms with Crippen LogP contribution in [0.5, 0.6) is 0 Å². The van der Waals surface area contributed by atoms with E-state index >= 15 is 0 Å². The van der Waals surface area contributed by atoms with Crippen LogP contribution in [0.2, 0.25) is 0 Å². The van der Waals surface area contributed by atoms with E-state index in [9.17, 15) is 9.90 Å². The smallest absolute Gasteiger partial charge is 0.325 e. The topological polar surface area (TPSA) is 56.7 Å². The van der Waals surface area contributed by atoms with Crippen molar-refractivity contribution < 1.29 is 9.90 Å². The number of piperazine rings is 1. The van der Waals surface area contributed by atoms with Gasteiger partial charge in [-0.05, 0) is 28.7 Å². The van der Waals surface area contributed by atoms with Crippen molar-refractivity contribution in [3.63, 3.8) is 0 Å². The Hall–Kier alpha value is -2.24. The van der Waals surface area contributed by atoms with E-state index in [2.05, 4.69) is 46.8 Å². The van der Waals surface area contributed by atoms with Crippen molar-refractivity contribution in [2.24, 2.45) is 0 Å². The molecule has 1 unspecified atom stereocenters. The maximum Gasteiger partial charge on any atom is 0.325 e. The molecule has 26 heavy (non-hydrogen) atoms. The van der Waals surface area contributed by atoms with E-state index < -0.39 is 12.0 Å². The van der Waals surface area contributed by atoms with Crippen LogP contribution in [-0.4, -0.2) is 52.0 Å². The summed E-state index contributed by atoms with van der Waals surface area (Å²) in [7, 11) is 0. The van der Waals surface area contributed by atoms with Gasteiger partial charge in [0.1, 0.15) is 6.04 Å². The lowest BCUT2D eigenvalue weighted by molar-refractivity contribution is -0.144. The number of carboxylic acids is 1. The summed E-state index contributed by atoms with van der Waals surface area (Å²) in [6, 6.07) is 11.5. The molecule has 1 aromatic heterocycles. The number of aliphatic carboxylic acids is 1. The van der Waals surface area contributed by atoms with Crippen molar-refractivity contribution in [3.05, 3.63) is 65.5 Å². The zero-order valence-corrected chi connectivity index (χ0v) is 15.5. The van der Waals surface area contributed by atoms with Crippen molar-refractivity contribution >= 4 is 5.97 Å². The van der Waals surface area contributed by atoms with Gasteiger partial charge in [0.15, 0.2) is 0 Å². The fourth-order valence-electron chi connectivity index (χ4n) is 3.50. The Balaban J connectivity index is 1.64. The van der Waals surface area contributed by atoms with Gasteiger partial charge in [-0.2, -0.15) is 0 Å². The van der Waals surface area contributed by atoms with E-state index in [0.717, 1.165) is 38.3 Å². The van der Waals surface area contributed by atoms with Gasteiger partial charge in [0.2, 0.25) is 0 Å². The number of aromatic nitrogens is 1. The molecule has 1 saturated heterocycles. The second kappa shape index (κ2) is 8.43. The number of hydrogen-bond acceptors (Lipinski definition) is 4. The Morgan fingerprint density at radius 1 is 1.08 bits per heavy atom. The zero-order valence-electron chi connectivity index (χ0n) is 15.5. The number of nitrogens with zero attached hydrogens (tertiary/aromatic N) is 3. The highest BCUT2D eigenvalue weighted by molar-refractivity contribution is 5.75. The van der Waals surface area contributed by atoms with Gasteiger partial charge in [0.05, 0.1) is 0 Å². The molecule has 0 saturated carbocycles. The average molecular weight is 353 g/mol.